The minimum Gasteiger partial charge on any atom is -0.465 e. The van der Waals surface area contributed by atoms with Crippen LogP contribution in [0.2, 0.25) is 0 Å². The lowest BCUT2D eigenvalue weighted by Crippen LogP contribution is -2.16. The molecule has 0 bridgehead atoms. The molecule has 0 saturated carbocycles. The van der Waals surface area contributed by atoms with Gasteiger partial charge >= 0.3 is 5.97 Å². The zero-order valence-electron chi connectivity index (χ0n) is 13.0. The summed E-state index contributed by atoms with van der Waals surface area (Å²) in [6, 6.07) is 19.6. The number of hydrogen-bond acceptors (Lipinski definition) is 2. The molecule has 0 N–H and O–H groups in total. The average molecular weight is 292 g/mol. The molecule has 22 heavy (non-hydrogen) atoms. The van der Waals surface area contributed by atoms with Crippen molar-refractivity contribution in [1.29, 1.82) is 0 Å². The van der Waals surface area contributed by atoms with Gasteiger partial charge in [-0.25, -0.2) is 0 Å². The molecule has 0 spiro atoms. The van der Waals surface area contributed by atoms with Crippen LogP contribution >= 0.6 is 0 Å². The first-order valence-electron chi connectivity index (χ1n) is 7.42. The first-order chi connectivity index (χ1) is 10.7. The molecule has 2 heteroatoms. The number of carbonyl (C=O) groups excluding carboxylic acids is 1. The van der Waals surface area contributed by atoms with Gasteiger partial charge in [-0.3, -0.25) is 4.79 Å². The molecule has 2 rings (SSSR count). The van der Waals surface area contributed by atoms with Gasteiger partial charge in [-0.1, -0.05) is 60.7 Å². The Morgan fingerprint density at radius 3 is 2.27 bits per heavy atom. The van der Waals surface area contributed by atoms with Crippen molar-refractivity contribution in [2.75, 3.05) is 6.61 Å². The highest BCUT2D eigenvalue weighted by Crippen LogP contribution is 2.25. The first kappa shape index (κ1) is 15.8. The minimum atomic E-state index is -0.416. The topological polar surface area (TPSA) is 26.3 Å². The van der Waals surface area contributed by atoms with Crippen molar-refractivity contribution in [2.24, 2.45) is 0 Å². The van der Waals surface area contributed by atoms with Crippen molar-refractivity contribution in [2.45, 2.75) is 19.8 Å². The Balaban J connectivity index is 2.36. The molecule has 0 heterocycles. The van der Waals surface area contributed by atoms with Crippen LogP contribution in [-0.4, -0.2) is 12.6 Å². The summed E-state index contributed by atoms with van der Waals surface area (Å²) >= 11 is 0. The molecule has 0 saturated heterocycles. The Hall–Kier alpha value is -2.57. The van der Waals surface area contributed by atoms with Crippen LogP contribution in [0.3, 0.4) is 0 Å². The molecular formula is C20H20O2. The highest BCUT2D eigenvalue weighted by atomic mass is 16.5. The second kappa shape index (κ2) is 8.02. The minimum absolute atomic E-state index is 0.236. The van der Waals surface area contributed by atoms with Crippen molar-refractivity contribution in [3.63, 3.8) is 0 Å². The van der Waals surface area contributed by atoms with Gasteiger partial charge in [0.15, 0.2) is 0 Å². The summed E-state index contributed by atoms with van der Waals surface area (Å²) in [6.45, 7) is 4.10. The molecule has 0 aromatic heterocycles. The predicted molar refractivity (Wildman–Crippen MR) is 89.4 cm³/mol. The summed E-state index contributed by atoms with van der Waals surface area (Å²) in [7, 11) is 0. The number of ether oxygens (including phenoxy) is 1. The molecule has 0 aliphatic rings. The van der Waals surface area contributed by atoms with Crippen LogP contribution in [0.5, 0.6) is 0 Å². The van der Waals surface area contributed by atoms with Crippen LogP contribution in [-0.2, 0) is 9.53 Å². The van der Waals surface area contributed by atoms with Gasteiger partial charge in [-0.05, 0) is 36.6 Å². The molecule has 0 aliphatic carbocycles. The van der Waals surface area contributed by atoms with Gasteiger partial charge in [0.25, 0.3) is 0 Å². The third-order valence-corrected chi connectivity index (χ3v) is 3.35. The van der Waals surface area contributed by atoms with E-state index in [2.05, 4.69) is 5.73 Å². The molecule has 1 atom stereocenters. The van der Waals surface area contributed by atoms with Crippen LogP contribution < -0.4 is 0 Å². The second-order valence-electron chi connectivity index (χ2n) is 4.98. The third-order valence-electron chi connectivity index (χ3n) is 3.35. The summed E-state index contributed by atoms with van der Waals surface area (Å²) in [6.07, 6.45) is 1.89. The number of hydrogen-bond donors (Lipinski definition) is 0. The zero-order valence-corrected chi connectivity index (χ0v) is 13.0. The average Bonchev–Trinajstić information content (AvgIpc) is 2.55. The van der Waals surface area contributed by atoms with E-state index in [1.165, 1.54) is 0 Å². The van der Waals surface area contributed by atoms with Crippen LogP contribution in [0.25, 0.3) is 6.08 Å². The fourth-order valence-corrected chi connectivity index (χ4v) is 2.26. The van der Waals surface area contributed by atoms with Crippen molar-refractivity contribution in [3.8, 4) is 0 Å². The molecule has 0 aliphatic heterocycles. The highest BCUT2D eigenvalue weighted by molar-refractivity contribution is 5.82. The maximum absolute atomic E-state index is 12.3. The third kappa shape index (κ3) is 4.21. The molecule has 2 aromatic carbocycles. The van der Waals surface area contributed by atoms with Gasteiger partial charge in [0, 0.05) is 0 Å². The highest BCUT2D eigenvalue weighted by Gasteiger charge is 2.23. The Bertz CT molecular complexity index is 665. The van der Waals surface area contributed by atoms with Crippen LogP contribution in [0.1, 0.15) is 30.9 Å². The van der Waals surface area contributed by atoms with Gasteiger partial charge in [-0.2, -0.15) is 0 Å². The molecule has 0 fully saturated rings. The summed E-state index contributed by atoms with van der Waals surface area (Å²) in [4.78, 5) is 12.3. The van der Waals surface area contributed by atoms with E-state index in [4.69, 9.17) is 4.74 Å². The molecule has 0 radical (unpaired) electrons. The van der Waals surface area contributed by atoms with Gasteiger partial charge < -0.3 is 4.74 Å². The summed E-state index contributed by atoms with van der Waals surface area (Å²) in [5.74, 6) is -0.652. The summed E-state index contributed by atoms with van der Waals surface area (Å²) < 4.78 is 5.22. The fourth-order valence-electron chi connectivity index (χ4n) is 2.26. The Kier molecular flexibility index (Phi) is 5.76. The monoisotopic (exact) mass is 292 g/mol. The van der Waals surface area contributed by atoms with Crippen molar-refractivity contribution >= 4 is 12.0 Å². The molecule has 2 aromatic rings. The van der Waals surface area contributed by atoms with Crippen molar-refractivity contribution in [3.05, 3.63) is 83.1 Å². The molecular weight excluding hydrogens is 272 g/mol. The molecule has 2 nitrogen and oxygen atoms in total. The van der Waals surface area contributed by atoms with Gasteiger partial charge in [0.05, 0.1) is 6.61 Å². The van der Waals surface area contributed by atoms with Gasteiger partial charge in [-0.15, -0.1) is 5.73 Å². The predicted octanol–water partition coefficient (Wildman–Crippen LogP) is 4.59. The maximum Gasteiger partial charge on any atom is 0.318 e. The van der Waals surface area contributed by atoms with Crippen LogP contribution in [0.4, 0.5) is 0 Å². The molecule has 112 valence electrons. The first-order valence-corrected chi connectivity index (χ1v) is 7.42. The smallest absolute Gasteiger partial charge is 0.318 e. The quantitative estimate of drug-likeness (QED) is 0.595. The van der Waals surface area contributed by atoms with E-state index >= 15 is 0 Å². The van der Waals surface area contributed by atoms with Gasteiger partial charge in [0.2, 0.25) is 0 Å². The standard InChI is InChI=1S/C20H20O2/c1-3-22-20(21)19(18-12-8-5-9-13-18)16(2)14-15-17-10-6-4-7-11-17/h4-13,15,19H,3H2,1-2H3. The van der Waals surface area contributed by atoms with Crippen molar-refractivity contribution in [1.82, 2.24) is 0 Å². The van der Waals surface area contributed by atoms with Crippen LogP contribution in [0.15, 0.2) is 72.0 Å². The number of esters is 1. The molecule has 0 amide bonds. The fraction of sp³-hybridized carbons (Fsp3) is 0.200. The Labute approximate surface area is 131 Å². The van der Waals surface area contributed by atoms with E-state index in [0.29, 0.717) is 6.61 Å². The SMILES string of the molecule is CCOC(=O)C(C(C)=C=Cc1ccccc1)c1ccccc1. The summed E-state index contributed by atoms with van der Waals surface area (Å²) in [5.41, 5.74) is 6.05. The van der Waals surface area contributed by atoms with E-state index in [1.54, 1.807) is 0 Å². The summed E-state index contributed by atoms with van der Waals surface area (Å²) in [5, 5.41) is 0. The maximum atomic E-state index is 12.3. The number of rotatable bonds is 5. The second-order valence-corrected chi connectivity index (χ2v) is 4.98. The Morgan fingerprint density at radius 2 is 1.68 bits per heavy atom. The van der Waals surface area contributed by atoms with E-state index in [-0.39, 0.29) is 5.97 Å². The largest absolute Gasteiger partial charge is 0.465 e. The molecule has 1 unspecified atom stereocenters. The van der Waals surface area contributed by atoms with Crippen molar-refractivity contribution < 1.29 is 9.53 Å². The van der Waals surface area contributed by atoms with Gasteiger partial charge in [0.1, 0.15) is 5.92 Å². The van der Waals surface area contributed by atoms with Crippen LogP contribution in [0, 0.1) is 0 Å². The number of benzene rings is 2. The zero-order chi connectivity index (χ0) is 15.8. The number of carbonyl (C=O) groups is 1. The van der Waals surface area contributed by atoms with E-state index in [0.717, 1.165) is 16.7 Å². The van der Waals surface area contributed by atoms with E-state index in [1.807, 2.05) is 80.6 Å². The normalized spacial score (nSPS) is 11.2. The lowest BCUT2D eigenvalue weighted by atomic mass is 9.92. The van der Waals surface area contributed by atoms with E-state index in [9.17, 15) is 4.79 Å². The van der Waals surface area contributed by atoms with E-state index < -0.39 is 5.92 Å². The Morgan fingerprint density at radius 1 is 1.09 bits per heavy atom. The lowest BCUT2D eigenvalue weighted by Gasteiger charge is -2.15. The lowest BCUT2D eigenvalue weighted by molar-refractivity contribution is -0.143.